The summed E-state index contributed by atoms with van der Waals surface area (Å²) in [6, 6.07) is 15.4. The van der Waals surface area contributed by atoms with E-state index in [0.29, 0.717) is 18.1 Å². The fraction of sp³-hybridized carbons (Fsp3) is 0.286. The Bertz CT molecular complexity index is 925. The number of methoxy groups -OCH3 is 1. The summed E-state index contributed by atoms with van der Waals surface area (Å²) in [7, 11) is 3.67. The molecule has 0 saturated carbocycles. The van der Waals surface area contributed by atoms with Crippen molar-refractivity contribution in [3.63, 3.8) is 0 Å². The summed E-state index contributed by atoms with van der Waals surface area (Å²) in [4.78, 5) is 26.0. The van der Waals surface area contributed by atoms with Crippen LogP contribution in [0.3, 0.4) is 0 Å². The van der Waals surface area contributed by atoms with Crippen LogP contribution in [0, 0.1) is 0 Å². The number of H-pyrrole nitrogens is 1. The summed E-state index contributed by atoms with van der Waals surface area (Å²) in [5, 5.41) is 0. The molecule has 0 spiro atoms. The lowest BCUT2D eigenvalue weighted by Gasteiger charge is -2.18. The van der Waals surface area contributed by atoms with Crippen LogP contribution in [0.25, 0.3) is 11.4 Å². The lowest BCUT2D eigenvalue weighted by molar-refractivity contribution is 0.181. The molecule has 1 aromatic carbocycles. The largest absolute Gasteiger partial charge is 0.378 e. The Hall–Kier alpha value is -2.83. The maximum Gasteiger partial charge on any atom is 0.251 e. The average molecular weight is 364 g/mol. The van der Waals surface area contributed by atoms with Crippen LogP contribution in [0.1, 0.15) is 17.0 Å². The molecule has 0 saturated heterocycles. The van der Waals surface area contributed by atoms with E-state index in [1.165, 1.54) is 6.07 Å². The van der Waals surface area contributed by atoms with E-state index in [1.54, 1.807) is 7.11 Å². The smallest absolute Gasteiger partial charge is 0.251 e. The van der Waals surface area contributed by atoms with E-state index in [9.17, 15) is 4.79 Å². The molecule has 0 unspecified atom stereocenters. The topological polar surface area (TPSA) is 71.1 Å². The van der Waals surface area contributed by atoms with Gasteiger partial charge in [0.25, 0.3) is 5.56 Å². The summed E-state index contributed by atoms with van der Waals surface area (Å²) in [6.07, 6.45) is 2.71. The number of pyridine rings is 1. The fourth-order valence-corrected chi connectivity index (χ4v) is 2.97. The number of ether oxygens (including phenoxy) is 1. The number of aromatic nitrogens is 3. The zero-order chi connectivity index (χ0) is 19.1. The molecule has 27 heavy (non-hydrogen) atoms. The van der Waals surface area contributed by atoms with Crippen molar-refractivity contribution < 1.29 is 4.74 Å². The molecule has 2 aromatic heterocycles. The van der Waals surface area contributed by atoms with E-state index in [1.807, 2.05) is 42.6 Å². The van der Waals surface area contributed by atoms with Crippen molar-refractivity contribution in [2.24, 2.45) is 0 Å². The molecule has 6 nitrogen and oxygen atoms in total. The van der Waals surface area contributed by atoms with Gasteiger partial charge in [-0.1, -0.05) is 30.3 Å². The Morgan fingerprint density at radius 2 is 1.93 bits per heavy atom. The SMILES string of the molecule is COCc1cc(=O)[nH]c(-c2ccccc2CN(C)CCc2ccccn2)n1. The molecule has 0 bridgehead atoms. The summed E-state index contributed by atoms with van der Waals surface area (Å²) in [5.74, 6) is 0.572. The Kier molecular flexibility index (Phi) is 6.46. The number of rotatable bonds is 8. The standard InChI is InChI=1S/C21H24N4O2/c1-25(12-10-17-8-5-6-11-22-17)14-16-7-3-4-9-19(16)21-23-18(15-27-2)13-20(26)24-21/h3-9,11,13H,10,12,14-15H2,1-2H3,(H,23,24,26). The second-order valence-electron chi connectivity index (χ2n) is 6.48. The van der Waals surface area contributed by atoms with E-state index < -0.39 is 0 Å². The van der Waals surface area contributed by atoms with Crippen LogP contribution in [0.15, 0.2) is 59.5 Å². The van der Waals surface area contributed by atoms with Gasteiger partial charge in [0.15, 0.2) is 0 Å². The van der Waals surface area contributed by atoms with Gasteiger partial charge in [0, 0.05) is 50.1 Å². The zero-order valence-corrected chi connectivity index (χ0v) is 15.7. The van der Waals surface area contributed by atoms with Gasteiger partial charge in [0.1, 0.15) is 5.82 Å². The van der Waals surface area contributed by atoms with Gasteiger partial charge in [-0.3, -0.25) is 9.78 Å². The van der Waals surface area contributed by atoms with Crippen molar-refractivity contribution in [2.75, 3.05) is 20.7 Å². The number of benzene rings is 1. The maximum atomic E-state index is 12.0. The quantitative estimate of drug-likeness (QED) is 0.665. The van der Waals surface area contributed by atoms with Crippen molar-refractivity contribution in [3.05, 3.63) is 82.0 Å². The third-order valence-corrected chi connectivity index (χ3v) is 4.28. The normalized spacial score (nSPS) is 11.1. The maximum absolute atomic E-state index is 12.0. The molecule has 3 rings (SSSR count). The number of nitrogens with zero attached hydrogens (tertiary/aromatic N) is 3. The Morgan fingerprint density at radius 1 is 1.11 bits per heavy atom. The van der Waals surface area contributed by atoms with Crippen LogP contribution in [-0.4, -0.2) is 40.6 Å². The van der Waals surface area contributed by atoms with E-state index >= 15 is 0 Å². The Labute approximate surface area is 158 Å². The fourth-order valence-electron chi connectivity index (χ4n) is 2.97. The van der Waals surface area contributed by atoms with Gasteiger partial charge in [-0.15, -0.1) is 0 Å². The van der Waals surface area contributed by atoms with Crippen molar-refractivity contribution in [3.8, 4) is 11.4 Å². The zero-order valence-electron chi connectivity index (χ0n) is 15.7. The number of aromatic amines is 1. The highest BCUT2D eigenvalue weighted by atomic mass is 16.5. The van der Waals surface area contributed by atoms with E-state index in [0.717, 1.165) is 36.3 Å². The van der Waals surface area contributed by atoms with Crippen LogP contribution < -0.4 is 5.56 Å². The highest BCUT2D eigenvalue weighted by molar-refractivity contribution is 5.60. The van der Waals surface area contributed by atoms with Crippen molar-refractivity contribution in [2.45, 2.75) is 19.6 Å². The minimum atomic E-state index is -0.176. The molecule has 0 aliphatic heterocycles. The Balaban J connectivity index is 1.77. The lowest BCUT2D eigenvalue weighted by Crippen LogP contribution is -2.21. The molecule has 0 radical (unpaired) electrons. The molecule has 6 heteroatoms. The Morgan fingerprint density at radius 3 is 2.70 bits per heavy atom. The van der Waals surface area contributed by atoms with Gasteiger partial charge < -0.3 is 14.6 Å². The van der Waals surface area contributed by atoms with Crippen molar-refractivity contribution >= 4 is 0 Å². The summed E-state index contributed by atoms with van der Waals surface area (Å²) >= 11 is 0. The van der Waals surface area contributed by atoms with Crippen LogP contribution in [0.4, 0.5) is 0 Å². The van der Waals surface area contributed by atoms with Crippen LogP contribution >= 0.6 is 0 Å². The predicted octanol–water partition coefficient (Wildman–Crippen LogP) is 2.65. The van der Waals surface area contributed by atoms with E-state index in [-0.39, 0.29) is 5.56 Å². The molecule has 0 amide bonds. The van der Waals surface area contributed by atoms with Gasteiger partial charge in [0.2, 0.25) is 0 Å². The van der Waals surface area contributed by atoms with Crippen LogP contribution in [0.2, 0.25) is 0 Å². The van der Waals surface area contributed by atoms with Gasteiger partial charge in [0.05, 0.1) is 12.3 Å². The number of hydrogen-bond acceptors (Lipinski definition) is 5. The third kappa shape index (κ3) is 5.32. The molecule has 0 fully saturated rings. The first-order chi connectivity index (χ1) is 13.2. The lowest BCUT2D eigenvalue weighted by atomic mass is 10.1. The minimum absolute atomic E-state index is 0.176. The number of hydrogen-bond donors (Lipinski definition) is 1. The molecule has 1 N–H and O–H groups in total. The predicted molar refractivity (Wildman–Crippen MR) is 105 cm³/mol. The summed E-state index contributed by atoms with van der Waals surface area (Å²) in [6.45, 7) is 1.95. The third-order valence-electron chi connectivity index (χ3n) is 4.28. The number of likely N-dealkylation sites (N-methyl/N-ethyl adjacent to an activating group) is 1. The molecule has 140 valence electrons. The molecule has 0 aliphatic carbocycles. The first kappa shape index (κ1) is 18.9. The molecule has 3 aromatic rings. The molecule has 0 atom stereocenters. The minimum Gasteiger partial charge on any atom is -0.378 e. The molecular formula is C21H24N4O2. The van der Waals surface area contributed by atoms with Crippen molar-refractivity contribution in [1.29, 1.82) is 0 Å². The summed E-state index contributed by atoms with van der Waals surface area (Å²) in [5.41, 5.74) is 3.56. The highest BCUT2D eigenvalue weighted by Gasteiger charge is 2.11. The van der Waals surface area contributed by atoms with Gasteiger partial charge >= 0.3 is 0 Å². The van der Waals surface area contributed by atoms with Gasteiger partial charge in [-0.25, -0.2) is 4.98 Å². The average Bonchev–Trinajstić information content (AvgIpc) is 2.67. The van der Waals surface area contributed by atoms with E-state index in [4.69, 9.17) is 4.74 Å². The van der Waals surface area contributed by atoms with Gasteiger partial charge in [-0.05, 0) is 24.7 Å². The summed E-state index contributed by atoms with van der Waals surface area (Å²) < 4.78 is 5.11. The first-order valence-electron chi connectivity index (χ1n) is 8.91. The molecule has 2 heterocycles. The second-order valence-corrected chi connectivity index (χ2v) is 6.48. The first-order valence-corrected chi connectivity index (χ1v) is 8.91. The number of nitrogens with one attached hydrogen (secondary N) is 1. The highest BCUT2D eigenvalue weighted by Crippen LogP contribution is 2.21. The molecule has 0 aliphatic rings. The van der Waals surface area contributed by atoms with Crippen molar-refractivity contribution in [1.82, 2.24) is 19.9 Å². The van der Waals surface area contributed by atoms with Crippen LogP contribution in [0.5, 0.6) is 0 Å². The van der Waals surface area contributed by atoms with Gasteiger partial charge in [-0.2, -0.15) is 0 Å². The molecular weight excluding hydrogens is 340 g/mol. The second kappa shape index (κ2) is 9.21. The van der Waals surface area contributed by atoms with E-state index in [2.05, 4.69) is 33.0 Å². The monoisotopic (exact) mass is 364 g/mol. The van der Waals surface area contributed by atoms with Crippen LogP contribution in [-0.2, 0) is 24.3 Å².